The molecule has 0 bridgehead atoms. The first-order valence-corrected chi connectivity index (χ1v) is 11.0. The number of carbonyl (C=O) groups is 1. The lowest BCUT2D eigenvalue weighted by molar-refractivity contribution is -0.134. The number of nitrogens with two attached hydrogens (primary N) is 1. The molecule has 1 fully saturated rings. The van der Waals surface area contributed by atoms with E-state index in [2.05, 4.69) is 0 Å². The van der Waals surface area contributed by atoms with Crippen LogP contribution in [0.1, 0.15) is 11.1 Å². The van der Waals surface area contributed by atoms with E-state index in [0.717, 1.165) is 10.9 Å². The molecule has 1 aliphatic heterocycles. The number of hydrogen-bond donors (Lipinski definition) is 2. The topological polar surface area (TPSA) is 108 Å². The van der Waals surface area contributed by atoms with Crippen LogP contribution in [0.4, 0.5) is 0 Å². The third kappa shape index (κ3) is 3.79. The van der Waals surface area contributed by atoms with Crippen molar-refractivity contribution >= 4 is 32.5 Å². The SMILES string of the molecule is N=C(N)c1cccc(CN2CCN(S(=O)(=O)c3cccc4ccccc34)CC2=O)c1. The number of benzene rings is 3. The maximum atomic E-state index is 13.2. The Morgan fingerprint density at radius 1 is 1.00 bits per heavy atom. The van der Waals surface area contributed by atoms with Crippen molar-refractivity contribution < 1.29 is 13.2 Å². The Hall–Kier alpha value is -3.23. The maximum Gasteiger partial charge on any atom is 0.244 e. The molecule has 0 aliphatic carbocycles. The fourth-order valence-electron chi connectivity index (χ4n) is 3.68. The number of nitrogen functional groups attached to an aromatic ring is 1. The van der Waals surface area contributed by atoms with Gasteiger partial charge in [0.1, 0.15) is 5.84 Å². The maximum absolute atomic E-state index is 13.2. The van der Waals surface area contributed by atoms with Gasteiger partial charge in [0.2, 0.25) is 15.9 Å². The molecule has 154 valence electrons. The van der Waals surface area contributed by atoms with Gasteiger partial charge in [-0.25, -0.2) is 8.42 Å². The van der Waals surface area contributed by atoms with Crippen molar-refractivity contribution in [3.8, 4) is 0 Å². The lowest BCUT2D eigenvalue weighted by Gasteiger charge is -2.34. The Bertz CT molecular complexity index is 1230. The summed E-state index contributed by atoms with van der Waals surface area (Å²) in [7, 11) is -3.79. The molecule has 30 heavy (non-hydrogen) atoms. The zero-order valence-corrected chi connectivity index (χ0v) is 17.1. The minimum atomic E-state index is -3.79. The predicted octanol–water partition coefficient (Wildman–Crippen LogP) is 2.16. The summed E-state index contributed by atoms with van der Waals surface area (Å²) in [6.07, 6.45) is 0. The molecule has 1 saturated heterocycles. The van der Waals surface area contributed by atoms with Crippen LogP contribution in [0.2, 0.25) is 0 Å². The summed E-state index contributed by atoms with van der Waals surface area (Å²) >= 11 is 0. The van der Waals surface area contributed by atoms with Gasteiger partial charge in [-0.15, -0.1) is 0 Å². The predicted molar refractivity (Wildman–Crippen MR) is 116 cm³/mol. The van der Waals surface area contributed by atoms with Gasteiger partial charge in [-0.05, 0) is 23.1 Å². The normalized spacial score (nSPS) is 15.5. The molecule has 3 aromatic carbocycles. The fourth-order valence-corrected chi connectivity index (χ4v) is 5.27. The van der Waals surface area contributed by atoms with Crippen LogP contribution in [0.3, 0.4) is 0 Å². The smallest absolute Gasteiger partial charge is 0.244 e. The van der Waals surface area contributed by atoms with Crippen molar-refractivity contribution in [2.45, 2.75) is 11.4 Å². The van der Waals surface area contributed by atoms with Gasteiger partial charge >= 0.3 is 0 Å². The fraction of sp³-hybridized carbons (Fsp3) is 0.182. The Kier molecular flexibility index (Phi) is 5.27. The molecule has 7 nitrogen and oxygen atoms in total. The lowest BCUT2D eigenvalue weighted by atomic mass is 10.1. The lowest BCUT2D eigenvalue weighted by Crippen LogP contribution is -2.51. The van der Waals surface area contributed by atoms with E-state index in [4.69, 9.17) is 11.1 Å². The first-order valence-electron chi connectivity index (χ1n) is 9.55. The van der Waals surface area contributed by atoms with Crippen molar-refractivity contribution in [2.24, 2.45) is 5.73 Å². The zero-order chi connectivity index (χ0) is 21.3. The minimum Gasteiger partial charge on any atom is -0.384 e. The van der Waals surface area contributed by atoms with Crippen LogP contribution in [0, 0.1) is 5.41 Å². The van der Waals surface area contributed by atoms with E-state index >= 15 is 0 Å². The number of amidine groups is 1. The highest BCUT2D eigenvalue weighted by atomic mass is 32.2. The second-order valence-electron chi connectivity index (χ2n) is 7.25. The molecule has 4 rings (SSSR count). The van der Waals surface area contributed by atoms with Crippen molar-refractivity contribution in [3.05, 3.63) is 77.9 Å². The quantitative estimate of drug-likeness (QED) is 0.485. The van der Waals surface area contributed by atoms with Crippen LogP contribution in [-0.4, -0.2) is 49.0 Å². The van der Waals surface area contributed by atoms with E-state index in [1.165, 1.54) is 4.31 Å². The molecule has 1 aliphatic rings. The average molecular weight is 423 g/mol. The van der Waals surface area contributed by atoms with Crippen molar-refractivity contribution in [1.82, 2.24) is 9.21 Å². The van der Waals surface area contributed by atoms with Gasteiger partial charge in [-0.3, -0.25) is 10.2 Å². The molecule has 0 spiro atoms. The monoisotopic (exact) mass is 422 g/mol. The molecule has 0 aromatic heterocycles. The molecular weight excluding hydrogens is 400 g/mol. The molecule has 0 radical (unpaired) electrons. The van der Waals surface area contributed by atoms with E-state index < -0.39 is 10.0 Å². The Balaban J connectivity index is 1.53. The summed E-state index contributed by atoms with van der Waals surface area (Å²) in [5.41, 5.74) is 6.98. The highest BCUT2D eigenvalue weighted by molar-refractivity contribution is 7.89. The third-order valence-corrected chi connectivity index (χ3v) is 7.17. The number of hydrogen-bond acceptors (Lipinski definition) is 4. The number of amides is 1. The summed E-state index contributed by atoms with van der Waals surface area (Å²) in [4.78, 5) is 14.6. The van der Waals surface area contributed by atoms with Gasteiger partial charge in [0.25, 0.3) is 0 Å². The van der Waals surface area contributed by atoms with Gasteiger partial charge in [-0.2, -0.15) is 4.31 Å². The standard InChI is InChI=1S/C22H22N4O3S/c23-22(24)18-8-3-5-16(13-18)14-25-11-12-26(15-21(25)27)30(28,29)20-10-4-7-17-6-1-2-9-19(17)20/h1-10,13H,11-12,14-15H2,(H3,23,24). The van der Waals surface area contributed by atoms with Crippen LogP contribution >= 0.6 is 0 Å². The molecule has 1 heterocycles. The molecule has 0 atom stereocenters. The molecule has 1 amide bonds. The summed E-state index contributed by atoms with van der Waals surface area (Å²) < 4.78 is 27.7. The number of piperazine rings is 1. The number of rotatable bonds is 5. The van der Waals surface area contributed by atoms with Gasteiger partial charge in [0.15, 0.2) is 0 Å². The number of fused-ring (bicyclic) bond motifs is 1. The minimum absolute atomic E-state index is 0.0332. The van der Waals surface area contributed by atoms with Gasteiger partial charge in [0, 0.05) is 30.6 Å². The Labute approximate surface area is 175 Å². The summed E-state index contributed by atoms with van der Waals surface area (Å²) in [5.74, 6) is -0.285. The largest absolute Gasteiger partial charge is 0.384 e. The van der Waals surface area contributed by atoms with Gasteiger partial charge in [0.05, 0.1) is 11.4 Å². The number of nitrogens with zero attached hydrogens (tertiary/aromatic N) is 2. The van der Waals surface area contributed by atoms with Crippen LogP contribution in [-0.2, 0) is 21.4 Å². The van der Waals surface area contributed by atoms with Crippen molar-refractivity contribution in [1.29, 1.82) is 5.41 Å². The van der Waals surface area contributed by atoms with Crippen molar-refractivity contribution in [2.75, 3.05) is 19.6 Å². The average Bonchev–Trinajstić information content (AvgIpc) is 2.75. The van der Waals surface area contributed by atoms with E-state index in [-0.39, 0.29) is 29.7 Å². The molecule has 0 unspecified atom stereocenters. The zero-order valence-electron chi connectivity index (χ0n) is 16.3. The van der Waals surface area contributed by atoms with E-state index in [1.54, 1.807) is 47.4 Å². The molecule has 3 aromatic rings. The van der Waals surface area contributed by atoms with Crippen LogP contribution in [0.25, 0.3) is 10.8 Å². The summed E-state index contributed by atoms with van der Waals surface area (Å²) in [5, 5.41) is 9.04. The Morgan fingerprint density at radius 2 is 1.73 bits per heavy atom. The highest BCUT2D eigenvalue weighted by Crippen LogP contribution is 2.26. The summed E-state index contributed by atoms with van der Waals surface area (Å²) in [6.45, 7) is 0.677. The molecular formula is C22H22N4O3S. The first kappa shape index (κ1) is 20.1. The second kappa shape index (κ2) is 7.89. The number of carbonyl (C=O) groups excluding carboxylic acids is 1. The van der Waals surface area contributed by atoms with Crippen LogP contribution in [0.15, 0.2) is 71.6 Å². The van der Waals surface area contributed by atoms with Gasteiger partial charge < -0.3 is 10.6 Å². The molecule has 0 saturated carbocycles. The second-order valence-corrected chi connectivity index (χ2v) is 9.15. The molecule has 3 N–H and O–H groups in total. The number of nitrogens with one attached hydrogen (secondary N) is 1. The van der Waals surface area contributed by atoms with E-state index in [0.29, 0.717) is 24.0 Å². The van der Waals surface area contributed by atoms with E-state index in [1.807, 2.05) is 24.3 Å². The third-order valence-electron chi connectivity index (χ3n) is 5.26. The Morgan fingerprint density at radius 3 is 2.50 bits per heavy atom. The molecule has 8 heteroatoms. The highest BCUT2D eigenvalue weighted by Gasteiger charge is 2.33. The number of sulfonamides is 1. The van der Waals surface area contributed by atoms with Gasteiger partial charge in [-0.1, -0.05) is 54.6 Å². The van der Waals surface area contributed by atoms with Crippen molar-refractivity contribution in [3.63, 3.8) is 0 Å². The van der Waals surface area contributed by atoms with E-state index in [9.17, 15) is 13.2 Å². The van der Waals surface area contributed by atoms with Crippen LogP contribution < -0.4 is 5.73 Å². The first-order chi connectivity index (χ1) is 14.4. The van der Waals surface area contributed by atoms with Crippen LogP contribution in [0.5, 0.6) is 0 Å². The summed E-state index contributed by atoms with van der Waals surface area (Å²) in [6, 6.07) is 19.6.